The summed E-state index contributed by atoms with van der Waals surface area (Å²) in [4.78, 5) is 11.2. The monoisotopic (exact) mass is 320 g/mol. The summed E-state index contributed by atoms with van der Waals surface area (Å²) < 4.78 is 7.04. The van der Waals surface area contributed by atoms with E-state index in [0.717, 1.165) is 8.95 Å². The van der Waals surface area contributed by atoms with Gasteiger partial charge in [-0.15, -0.1) is 0 Å². The normalized spacial score (nSPS) is 10.0. The van der Waals surface area contributed by atoms with Gasteiger partial charge in [-0.1, -0.05) is 0 Å². The summed E-state index contributed by atoms with van der Waals surface area (Å²) >= 11 is 6.74. The quantitative estimate of drug-likeness (QED) is 0.791. The van der Waals surface area contributed by atoms with Crippen LogP contribution >= 0.6 is 31.9 Å². The lowest BCUT2D eigenvalue weighted by Gasteiger charge is -2.08. The number of Topliss-reactive ketones (excluding diaryl/α,β-unsaturated/α-hetero) is 1. The van der Waals surface area contributed by atoms with Crippen LogP contribution in [0.25, 0.3) is 0 Å². The van der Waals surface area contributed by atoms with E-state index in [2.05, 4.69) is 31.9 Å². The maximum atomic E-state index is 11.2. The van der Waals surface area contributed by atoms with Crippen molar-refractivity contribution in [3.05, 3.63) is 26.6 Å². The average molecular weight is 322 g/mol. The van der Waals surface area contributed by atoms with Crippen molar-refractivity contribution in [1.29, 1.82) is 0 Å². The van der Waals surface area contributed by atoms with E-state index in [9.17, 15) is 4.79 Å². The minimum Gasteiger partial charge on any atom is -0.493 e. The van der Waals surface area contributed by atoms with Gasteiger partial charge in [0.2, 0.25) is 0 Å². The van der Waals surface area contributed by atoms with Crippen LogP contribution in [0.1, 0.15) is 24.2 Å². The Hall–Kier alpha value is -0.350. The molecule has 0 radical (unpaired) electrons. The molecule has 0 spiro atoms. The van der Waals surface area contributed by atoms with Crippen LogP contribution in [0.4, 0.5) is 0 Å². The van der Waals surface area contributed by atoms with E-state index < -0.39 is 0 Å². The van der Waals surface area contributed by atoms with Crippen LogP contribution in [-0.4, -0.2) is 12.4 Å². The zero-order chi connectivity index (χ0) is 10.7. The lowest BCUT2D eigenvalue weighted by Crippen LogP contribution is -1.97. The number of ether oxygens (including phenoxy) is 1. The van der Waals surface area contributed by atoms with Gasteiger partial charge in [-0.25, -0.2) is 0 Å². The number of hydrogen-bond donors (Lipinski definition) is 0. The Balaban J connectivity index is 3.20. The fourth-order valence-electron chi connectivity index (χ4n) is 1.03. The van der Waals surface area contributed by atoms with Gasteiger partial charge in [0.25, 0.3) is 0 Å². The van der Waals surface area contributed by atoms with Crippen molar-refractivity contribution in [3.63, 3.8) is 0 Å². The second-order valence-electron chi connectivity index (χ2n) is 2.76. The van der Waals surface area contributed by atoms with Gasteiger partial charge in [-0.2, -0.15) is 0 Å². The highest BCUT2D eigenvalue weighted by Gasteiger charge is 2.09. The standard InChI is InChI=1S/C10H10Br2O2/c1-3-14-9-5-7(6(2)13)4-8(11)10(9)12/h4-5H,3H2,1-2H3. The summed E-state index contributed by atoms with van der Waals surface area (Å²) in [5, 5.41) is 0. The average Bonchev–Trinajstić information content (AvgIpc) is 2.12. The molecule has 76 valence electrons. The molecule has 0 amide bonds. The number of hydrogen-bond acceptors (Lipinski definition) is 2. The molecule has 0 atom stereocenters. The van der Waals surface area contributed by atoms with Crippen LogP contribution in [0.2, 0.25) is 0 Å². The van der Waals surface area contributed by atoms with Crippen LogP contribution in [0.3, 0.4) is 0 Å². The van der Waals surface area contributed by atoms with Crippen molar-refractivity contribution >= 4 is 37.6 Å². The molecule has 0 fully saturated rings. The van der Waals surface area contributed by atoms with Gasteiger partial charge in [0.15, 0.2) is 5.78 Å². The summed E-state index contributed by atoms with van der Waals surface area (Å²) in [6.07, 6.45) is 0. The molecule has 0 saturated heterocycles. The fraction of sp³-hybridized carbons (Fsp3) is 0.300. The van der Waals surface area contributed by atoms with E-state index in [1.165, 1.54) is 6.92 Å². The second kappa shape index (κ2) is 4.94. The Kier molecular flexibility index (Phi) is 4.13. The van der Waals surface area contributed by atoms with Gasteiger partial charge in [0, 0.05) is 10.0 Å². The van der Waals surface area contributed by atoms with Crippen molar-refractivity contribution in [3.8, 4) is 5.75 Å². The van der Waals surface area contributed by atoms with Crippen molar-refractivity contribution in [1.82, 2.24) is 0 Å². The van der Waals surface area contributed by atoms with Crippen LogP contribution in [-0.2, 0) is 0 Å². The zero-order valence-electron chi connectivity index (χ0n) is 7.93. The molecule has 4 heteroatoms. The third kappa shape index (κ3) is 2.58. The molecule has 0 unspecified atom stereocenters. The molecule has 0 bridgehead atoms. The first kappa shape index (κ1) is 11.7. The van der Waals surface area contributed by atoms with Crippen molar-refractivity contribution < 1.29 is 9.53 Å². The van der Waals surface area contributed by atoms with Crippen LogP contribution < -0.4 is 4.74 Å². The maximum absolute atomic E-state index is 11.2. The molecular formula is C10H10Br2O2. The number of halogens is 2. The van der Waals surface area contributed by atoms with E-state index in [1.54, 1.807) is 12.1 Å². The van der Waals surface area contributed by atoms with Gasteiger partial charge in [-0.3, -0.25) is 4.79 Å². The summed E-state index contributed by atoms with van der Waals surface area (Å²) in [6.45, 7) is 4.01. The number of benzene rings is 1. The Labute approximate surface area is 99.9 Å². The van der Waals surface area contributed by atoms with Gasteiger partial charge in [-0.05, 0) is 57.8 Å². The number of ketones is 1. The molecule has 14 heavy (non-hydrogen) atoms. The molecule has 0 aliphatic carbocycles. The highest BCUT2D eigenvalue weighted by atomic mass is 79.9. The zero-order valence-corrected chi connectivity index (χ0v) is 11.1. The predicted octanol–water partition coefficient (Wildman–Crippen LogP) is 3.81. The highest BCUT2D eigenvalue weighted by Crippen LogP contribution is 2.34. The molecule has 1 aromatic carbocycles. The highest BCUT2D eigenvalue weighted by molar-refractivity contribution is 9.13. The summed E-state index contributed by atoms with van der Waals surface area (Å²) in [7, 11) is 0. The number of rotatable bonds is 3. The number of carbonyl (C=O) groups excluding carboxylic acids is 1. The van der Waals surface area contributed by atoms with Gasteiger partial charge < -0.3 is 4.74 Å². The molecular weight excluding hydrogens is 312 g/mol. The number of carbonyl (C=O) groups is 1. The van der Waals surface area contributed by atoms with Crippen molar-refractivity contribution in [2.75, 3.05) is 6.61 Å². The van der Waals surface area contributed by atoms with Crippen LogP contribution in [0.5, 0.6) is 5.75 Å². The molecule has 0 N–H and O–H groups in total. The molecule has 0 aromatic heterocycles. The largest absolute Gasteiger partial charge is 0.493 e. The van der Waals surface area contributed by atoms with E-state index >= 15 is 0 Å². The van der Waals surface area contributed by atoms with E-state index in [-0.39, 0.29) is 5.78 Å². The molecule has 0 heterocycles. The predicted molar refractivity (Wildman–Crippen MR) is 63.0 cm³/mol. The SMILES string of the molecule is CCOc1cc(C(C)=O)cc(Br)c1Br. The first-order chi connectivity index (χ1) is 6.56. The van der Waals surface area contributed by atoms with Gasteiger partial charge >= 0.3 is 0 Å². The van der Waals surface area contributed by atoms with Crippen LogP contribution in [0.15, 0.2) is 21.1 Å². The van der Waals surface area contributed by atoms with E-state index in [1.807, 2.05) is 6.92 Å². The van der Waals surface area contributed by atoms with Crippen molar-refractivity contribution in [2.45, 2.75) is 13.8 Å². The lowest BCUT2D eigenvalue weighted by atomic mass is 10.1. The molecule has 2 nitrogen and oxygen atoms in total. The molecule has 1 rings (SSSR count). The first-order valence-corrected chi connectivity index (χ1v) is 5.77. The second-order valence-corrected chi connectivity index (χ2v) is 4.41. The lowest BCUT2D eigenvalue weighted by molar-refractivity contribution is 0.101. The van der Waals surface area contributed by atoms with Gasteiger partial charge in [0.05, 0.1) is 11.1 Å². The minimum absolute atomic E-state index is 0.0270. The topological polar surface area (TPSA) is 26.3 Å². The molecule has 0 aliphatic rings. The third-order valence-electron chi connectivity index (χ3n) is 1.70. The maximum Gasteiger partial charge on any atom is 0.159 e. The van der Waals surface area contributed by atoms with Gasteiger partial charge in [0.1, 0.15) is 5.75 Å². The minimum atomic E-state index is 0.0270. The Morgan fingerprint density at radius 1 is 1.43 bits per heavy atom. The summed E-state index contributed by atoms with van der Waals surface area (Å²) in [5.74, 6) is 0.714. The van der Waals surface area contributed by atoms with E-state index in [4.69, 9.17) is 4.74 Å². The molecule has 0 aliphatic heterocycles. The molecule has 1 aromatic rings. The molecule has 0 saturated carbocycles. The van der Waals surface area contributed by atoms with E-state index in [0.29, 0.717) is 17.9 Å². The van der Waals surface area contributed by atoms with Crippen LogP contribution in [0, 0.1) is 0 Å². The Bertz CT molecular complexity index is 361. The third-order valence-corrected chi connectivity index (χ3v) is 3.68. The smallest absolute Gasteiger partial charge is 0.159 e. The Morgan fingerprint density at radius 2 is 2.07 bits per heavy atom. The Morgan fingerprint density at radius 3 is 2.57 bits per heavy atom. The summed E-state index contributed by atoms with van der Waals surface area (Å²) in [6, 6.07) is 3.51. The fourth-order valence-corrected chi connectivity index (χ4v) is 1.81. The van der Waals surface area contributed by atoms with Crippen molar-refractivity contribution in [2.24, 2.45) is 0 Å². The first-order valence-electron chi connectivity index (χ1n) is 4.19. The summed E-state index contributed by atoms with van der Waals surface area (Å²) in [5.41, 5.74) is 0.642.